The van der Waals surface area contributed by atoms with Gasteiger partial charge in [-0.3, -0.25) is 0 Å². The van der Waals surface area contributed by atoms with Gasteiger partial charge in [0, 0.05) is 16.6 Å². The van der Waals surface area contributed by atoms with E-state index in [9.17, 15) is 0 Å². The van der Waals surface area contributed by atoms with Crippen LogP contribution in [0.1, 0.15) is 31.4 Å². The van der Waals surface area contributed by atoms with Crippen molar-refractivity contribution in [1.29, 1.82) is 0 Å². The Morgan fingerprint density at radius 2 is 1.95 bits per heavy atom. The average molecular weight is 312 g/mol. The van der Waals surface area contributed by atoms with Crippen molar-refractivity contribution in [1.82, 2.24) is 5.32 Å². The Labute approximate surface area is 130 Å². The Morgan fingerprint density at radius 1 is 1.15 bits per heavy atom. The molecule has 1 aliphatic rings. The molecular weight excluding hydrogens is 293 g/mol. The van der Waals surface area contributed by atoms with Gasteiger partial charge in [0.2, 0.25) is 0 Å². The first-order valence-electron chi connectivity index (χ1n) is 6.89. The fourth-order valence-corrected chi connectivity index (χ4v) is 2.83. The summed E-state index contributed by atoms with van der Waals surface area (Å²) in [6.45, 7) is 0.811. The Bertz CT molecular complexity index is 547. The molecule has 1 heterocycles. The standard InChI is InChI=1S/C16H18ClNO.ClH/c17-13-5-3-4-12(10-13)16-9-8-15(19-16)11-18-14-6-1-2-7-14;/h3-5,8-10,14,18H,1-2,6-7,11H2;1H. The van der Waals surface area contributed by atoms with Crippen molar-refractivity contribution in [2.75, 3.05) is 0 Å². The van der Waals surface area contributed by atoms with Gasteiger partial charge in [0.15, 0.2) is 0 Å². The van der Waals surface area contributed by atoms with E-state index in [0.717, 1.165) is 28.7 Å². The number of benzene rings is 1. The minimum atomic E-state index is 0. The molecule has 4 heteroatoms. The quantitative estimate of drug-likeness (QED) is 0.854. The Kier molecular flexibility index (Phi) is 5.53. The van der Waals surface area contributed by atoms with Crippen molar-refractivity contribution < 1.29 is 4.42 Å². The van der Waals surface area contributed by atoms with Crippen LogP contribution in [0.25, 0.3) is 11.3 Å². The van der Waals surface area contributed by atoms with Gasteiger partial charge in [0.1, 0.15) is 11.5 Å². The lowest BCUT2D eigenvalue weighted by Crippen LogP contribution is -2.24. The van der Waals surface area contributed by atoms with Crippen LogP contribution in [0.2, 0.25) is 5.02 Å². The van der Waals surface area contributed by atoms with Crippen molar-refractivity contribution in [2.45, 2.75) is 38.3 Å². The second kappa shape index (κ2) is 7.16. The Morgan fingerprint density at radius 3 is 2.70 bits per heavy atom. The van der Waals surface area contributed by atoms with E-state index < -0.39 is 0 Å². The second-order valence-corrected chi connectivity index (χ2v) is 5.58. The highest BCUT2D eigenvalue weighted by molar-refractivity contribution is 6.30. The van der Waals surface area contributed by atoms with Crippen molar-refractivity contribution in [2.24, 2.45) is 0 Å². The van der Waals surface area contributed by atoms with Crippen molar-refractivity contribution in [3.63, 3.8) is 0 Å². The van der Waals surface area contributed by atoms with Crippen LogP contribution in [0.3, 0.4) is 0 Å². The van der Waals surface area contributed by atoms with Gasteiger partial charge < -0.3 is 9.73 Å². The average Bonchev–Trinajstić information content (AvgIpc) is 3.08. The van der Waals surface area contributed by atoms with Crippen LogP contribution < -0.4 is 5.32 Å². The van der Waals surface area contributed by atoms with E-state index in [-0.39, 0.29) is 12.4 Å². The molecule has 20 heavy (non-hydrogen) atoms. The van der Waals surface area contributed by atoms with Crippen molar-refractivity contribution in [3.8, 4) is 11.3 Å². The molecular formula is C16H19Cl2NO. The Balaban J connectivity index is 0.00000147. The number of nitrogens with one attached hydrogen (secondary N) is 1. The predicted molar refractivity (Wildman–Crippen MR) is 85.5 cm³/mol. The normalized spacial score (nSPS) is 15.2. The van der Waals surface area contributed by atoms with Crippen molar-refractivity contribution >= 4 is 24.0 Å². The number of hydrogen-bond acceptors (Lipinski definition) is 2. The molecule has 0 amide bonds. The van der Waals surface area contributed by atoms with Gasteiger partial charge in [0.25, 0.3) is 0 Å². The van der Waals surface area contributed by atoms with Gasteiger partial charge in [0.05, 0.1) is 6.54 Å². The van der Waals surface area contributed by atoms with E-state index in [1.165, 1.54) is 25.7 Å². The van der Waals surface area contributed by atoms with Gasteiger partial charge in [-0.05, 0) is 37.1 Å². The molecule has 0 unspecified atom stereocenters. The summed E-state index contributed by atoms with van der Waals surface area (Å²) in [5.74, 6) is 1.87. The molecule has 2 nitrogen and oxygen atoms in total. The maximum Gasteiger partial charge on any atom is 0.134 e. The molecule has 1 aromatic heterocycles. The van der Waals surface area contributed by atoms with Crippen LogP contribution in [-0.4, -0.2) is 6.04 Å². The molecule has 0 spiro atoms. The van der Waals surface area contributed by atoms with E-state index >= 15 is 0 Å². The number of furan rings is 1. The fraction of sp³-hybridized carbons (Fsp3) is 0.375. The van der Waals surface area contributed by atoms with E-state index in [2.05, 4.69) is 5.32 Å². The number of hydrogen-bond donors (Lipinski definition) is 1. The lowest BCUT2D eigenvalue weighted by atomic mass is 10.2. The number of rotatable bonds is 4. The third-order valence-electron chi connectivity index (χ3n) is 3.69. The first-order valence-corrected chi connectivity index (χ1v) is 7.27. The van der Waals surface area contributed by atoms with E-state index in [4.69, 9.17) is 16.0 Å². The van der Waals surface area contributed by atoms with Gasteiger partial charge >= 0.3 is 0 Å². The molecule has 3 rings (SSSR count). The summed E-state index contributed by atoms with van der Waals surface area (Å²) in [6.07, 6.45) is 5.29. The summed E-state index contributed by atoms with van der Waals surface area (Å²) in [5, 5.41) is 4.29. The monoisotopic (exact) mass is 311 g/mol. The molecule has 1 fully saturated rings. The highest BCUT2D eigenvalue weighted by atomic mass is 35.5. The Hall–Kier alpha value is -0.960. The highest BCUT2D eigenvalue weighted by Gasteiger charge is 2.14. The molecule has 1 aromatic carbocycles. The minimum Gasteiger partial charge on any atom is -0.460 e. The summed E-state index contributed by atoms with van der Waals surface area (Å²) in [6, 6.07) is 12.5. The molecule has 1 N–H and O–H groups in total. The van der Waals surface area contributed by atoms with E-state index in [1.54, 1.807) is 0 Å². The molecule has 1 saturated carbocycles. The summed E-state index contributed by atoms with van der Waals surface area (Å²) in [5.41, 5.74) is 1.03. The van der Waals surface area contributed by atoms with Gasteiger partial charge in [-0.25, -0.2) is 0 Å². The van der Waals surface area contributed by atoms with E-state index in [0.29, 0.717) is 6.04 Å². The minimum absolute atomic E-state index is 0. The molecule has 0 atom stereocenters. The summed E-state index contributed by atoms with van der Waals surface area (Å²) in [7, 11) is 0. The summed E-state index contributed by atoms with van der Waals surface area (Å²) in [4.78, 5) is 0. The molecule has 2 aromatic rings. The van der Waals surface area contributed by atoms with Crippen LogP contribution in [0.15, 0.2) is 40.8 Å². The fourth-order valence-electron chi connectivity index (χ4n) is 2.64. The highest BCUT2D eigenvalue weighted by Crippen LogP contribution is 2.25. The third kappa shape index (κ3) is 3.78. The van der Waals surface area contributed by atoms with Gasteiger partial charge in [-0.15, -0.1) is 12.4 Å². The summed E-state index contributed by atoms with van der Waals surface area (Å²) >= 11 is 5.99. The molecule has 0 saturated heterocycles. The number of halogens is 2. The molecule has 0 bridgehead atoms. The molecule has 1 aliphatic carbocycles. The first-order chi connectivity index (χ1) is 9.31. The van der Waals surface area contributed by atoms with Gasteiger partial charge in [-0.1, -0.05) is 36.6 Å². The smallest absolute Gasteiger partial charge is 0.134 e. The van der Waals surface area contributed by atoms with Gasteiger partial charge in [-0.2, -0.15) is 0 Å². The van der Waals surface area contributed by atoms with Crippen molar-refractivity contribution in [3.05, 3.63) is 47.2 Å². The largest absolute Gasteiger partial charge is 0.460 e. The maximum absolute atomic E-state index is 5.99. The zero-order chi connectivity index (χ0) is 13.1. The van der Waals surface area contributed by atoms with Crippen LogP contribution in [0.5, 0.6) is 0 Å². The first kappa shape index (κ1) is 15.4. The topological polar surface area (TPSA) is 25.2 Å². The molecule has 0 radical (unpaired) electrons. The predicted octanol–water partition coefficient (Wildman–Crippen LogP) is 5.05. The lowest BCUT2D eigenvalue weighted by molar-refractivity contribution is 0.452. The van der Waals surface area contributed by atoms with Crippen LogP contribution in [-0.2, 0) is 6.54 Å². The van der Waals surface area contributed by atoms with Crippen LogP contribution in [0.4, 0.5) is 0 Å². The van der Waals surface area contributed by atoms with Crippen LogP contribution >= 0.6 is 24.0 Å². The molecule has 108 valence electrons. The SMILES string of the molecule is Cl.Clc1cccc(-c2ccc(CNC3CCCC3)o2)c1. The molecule has 0 aliphatic heterocycles. The lowest BCUT2D eigenvalue weighted by Gasteiger charge is -2.09. The zero-order valence-corrected chi connectivity index (χ0v) is 12.8. The maximum atomic E-state index is 5.99. The zero-order valence-electron chi connectivity index (χ0n) is 11.3. The second-order valence-electron chi connectivity index (χ2n) is 5.14. The van der Waals surface area contributed by atoms with Crippen LogP contribution in [0, 0.1) is 0 Å². The third-order valence-corrected chi connectivity index (χ3v) is 3.93. The summed E-state index contributed by atoms with van der Waals surface area (Å²) < 4.78 is 5.86. The van der Waals surface area contributed by atoms with E-state index in [1.807, 2.05) is 36.4 Å².